The summed E-state index contributed by atoms with van der Waals surface area (Å²) in [6, 6.07) is 23.7. The third-order valence-electron chi connectivity index (χ3n) is 8.43. The van der Waals surface area contributed by atoms with Crippen molar-refractivity contribution in [2.45, 2.75) is 0 Å². The average molecular weight is 591 g/mol. The minimum Gasteiger partial charge on any atom is -0.507 e. The highest BCUT2D eigenvalue weighted by Gasteiger charge is 2.43. The van der Waals surface area contributed by atoms with E-state index in [1.807, 2.05) is 36.9 Å². The Morgan fingerprint density at radius 3 is 1.62 bits per heavy atom. The van der Waals surface area contributed by atoms with Gasteiger partial charge in [-0.2, -0.15) is 0 Å². The first kappa shape index (κ1) is 27.3. The van der Waals surface area contributed by atoms with Crippen LogP contribution < -0.4 is 0 Å². The number of nitrogens with zero attached hydrogens (tertiary/aromatic N) is 3. The molecular weight excluding hydrogens is 566 g/mol. The number of rotatable bonds is 1. The molecule has 0 saturated heterocycles. The van der Waals surface area contributed by atoms with Gasteiger partial charge in [0, 0.05) is 49.8 Å². The van der Waals surface area contributed by atoms with Gasteiger partial charge in [0.1, 0.15) is 42.9 Å². The standard InChI is InChI=1S/C37H23N3O5/c1-39-22(17-38)31-34(32-27-18(8-4-12-23(27)41)16-19-9-5-13-24(42)28(19)32)37(45)35(31)33-29-20(10-6-14-25(29)43)36(40(2)3)21-11-7-15-26(44)30(21)33/h4-16H,2-3H3,(H4-,41,42,43,44,45)/p+1/b31-22+. The van der Waals surface area contributed by atoms with E-state index < -0.39 is 0 Å². The molecule has 0 spiro atoms. The fourth-order valence-electron chi connectivity index (χ4n) is 6.73. The zero-order valence-corrected chi connectivity index (χ0v) is 24.1. The van der Waals surface area contributed by atoms with Gasteiger partial charge in [-0.25, -0.2) is 14.7 Å². The molecule has 0 bridgehead atoms. The van der Waals surface area contributed by atoms with E-state index in [2.05, 4.69) is 4.85 Å². The number of aromatic hydroxyl groups is 4. The second-order valence-electron chi connectivity index (χ2n) is 11.1. The molecule has 0 atom stereocenters. The van der Waals surface area contributed by atoms with E-state index >= 15 is 0 Å². The smallest absolute Gasteiger partial charge is 0.270 e. The van der Waals surface area contributed by atoms with Gasteiger partial charge in [-0.1, -0.05) is 36.4 Å². The van der Waals surface area contributed by atoms with Crippen molar-refractivity contribution in [3.63, 3.8) is 0 Å². The van der Waals surface area contributed by atoms with Crippen molar-refractivity contribution in [3.8, 4) is 29.1 Å². The Morgan fingerprint density at radius 2 is 1.16 bits per heavy atom. The zero-order chi connectivity index (χ0) is 31.7. The predicted molar refractivity (Wildman–Crippen MR) is 171 cm³/mol. The molecule has 0 radical (unpaired) electrons. The van der Waals surface area contributed by atoms with Crippen LogP contribution in [-0.4, -0.2) is 49.9 Å². The highest BCUT2D eigenvalue weighted by Crippen LogP contribution is 2.58. The van der Waals surface area contributed by atoms with Gasteiger partial charge < -0.3 is 25.5 Å². The van der Waals surface area contributed by atoms with Crippen LogP contribution in [0.25, 0.3) is 37.5 Å². The van der Waals surface area contributed by atoms with Crippen molar-refractivity contribution >= 4 is 38.4 Å². The van der Waals surface area contributed by atoms with Crippen molar-refractivity contribution in [1.82, 2.24) is 0 Å². The SMILES string of the molecule is [C-]#[N+]/C(C#N)=C1/C(=C2c3c(O)cccc3C(=[N+](C)C)c3cccc(O)c32)C(O)=C1c1c2c(O)cccc2cc2cccc(O)c12. The van der Waals surface area contributed by atoms with Crippen LogP contribution in [0.4, 0.5) is 0 Å². The number of nitriles is 1. The van der Waals surface area contributed by atoms with Crippen LogP contribution in [0.2, 0.25) is 0 Å². The fourth-order valence-corrected chi connectivity index (χ4v) is 6.73. The van der Waals surface area contributed by atoms with Crippen molar-refractivity contribution in [2.24, 2.45) is 0 Å². The Morgan fingerprint density at radius 1 is 0.667 bits per heavy atom. The lowest BCUT2D eigenvalue weighted by molar-refractivity contribution is -0.463. The van der Waals surface area contributed by atoms with Crippen molar-refractivity contribution in [2.75, 3.05) is 14.1 Å². The number of phenolic OH excluding ortho intramolecular Hbond substituents is 4. The van der Waals surface area contributed by atoms with Gasteiger partial charge in [0.2, 0.25) is 5.71 Å². The lowest BCUT2D eigenvalue weighted by Gasteiger charge is -2.34. The zero-order valence-electron chi connectivity index (χ0n) is 24.1. The summed E-state index contributed by atoms with van der Waals surface area (Å²) in [5, 5.41) is 69.1. The maximum atomic E-state index is 12.1. The van der Waals surface area contributed by atoms with Crippen LogP contribution >= 0.6 is 0 Å². The van der Waals surface area contributed by atoms with Crippen LogP contribution in [0.3, 0.4) is 0 Å². The summed E-state index contributed by atoms with van der Waals surface area (Å²) in [7, 11) is 3.69. The van der Waals surface area contributed by atoms with Gasteiger partial charge in [-0.3, -0.25) is 0 Å². The Bertz CT molecular complexity index is 2280. The van der Waals surface area contributed by atoms with Gasteiger partial charge in [0.05, 0.1) is 23.8 Å². The number of phenols is 4. The highest BCUT2D eigenvalue weighted by atomic mass is 16.3. The second kappa shape index (κ2) is 9.77. The highest BCUT2D eigenvalue weighted by molar-refractivity contribution is 6.25. The number of hydrogen-bond donors (Lipinski definition) is 5. The predicted octanol–water partition coefficient (Wildman–Crippen LogP) is 6.72. The molecule has 0 aromatic heterocycles. The van der Waals surface area contributed by atoms with Crippen molar-refractivity contribution in [1.29, 1.82) is 5.26 Å². The average Bonchev–Trinajstić information content (AvgIpc) is 3.01. The van der Waals surface area contributed by atoms with Gasteiger partial charge >= 0.3 is 0 Å². The van der Waals surface area contributed by atoms with E-state index in [4.69, 9.17) is 6.57 Å². The molecule has 0 saturated carbocycles. The Labute approximate surface area is 257 Å². The summed E-state index contributed by atoms with van der Waals surface area (Å²) in [6.45, 7) is 7.93. The normalized spacial score (nSPS) is 14.9. The van der Waals surface area contributed by atoms with Crippen LogP contribution in [0.15, 0.2) is 101 Å². The molecule has 2 aliphatic rings. The van der Waals surface area contributed by atoms with Crippen LogP contribution in [-0.2, 0) is 0 Å². The third-order valence-corrected chi connectivity index (χ3v) is 8.43. The Balaban J connectivity index is 1.74. The molecule has 7 rings (SSSR count). The largest absolute Gasteiger partial charge is 0.507 e. The first-order valence-corrected chi connectivity index (χ1v) is 14.0. The molecule has 0 heterocycles. The van der Waals surface area contributed by atoms with Crippen molar-refractivity contribution < 1.29 is 30.1 Å². The molecule has 0 fully saturated rings. The van der Waals surface area contributed by atoms with Gasteiger partial charge in [0.15, 0.2) is 0 Å². The summed E-state index contributed by atoms with van der Waals surface area (Å²) < 4.78 is 1.87. The summed E-state index contributed by atoms with van der Waals surface area (Å²) in [5.41, 5.74) is 2.94. The van der Waals surface area contributed by atoms with E-state index in [0.717, 1.165) is 0 Å². The number of aliphatic hydroxyl groups excluding tert-OH is 1. The van der Waals surface area contributed by atoms with Gasteiger partial charge in [-0.15, -0.1) is 0 Å². The summed E-state index contributed by atoms with van der Waals surface area (Å²) >= 11 is 0. The maximum absolute atomic E-state index is 12.1. The van der Waals surface area contributed by atoms with Crippen molar-refractivity contribution in [3.05, 3.63) is 141 Å². The monoisotopic (exact) mass is 590 g/mol. The fraction of sp³-hybridized carbons (Fsp3) is 0.0541. The molecule has 0 aliphatic heterocycles. The molecule has 0 unspecified atom stereocenters. The minimum absolute atomic E-state index is 0.0667. The topological polar surface area (TPSA) is 132 Å². The van der Waals surface area contributed by atoms with E-state index in [1.165, 1.54) is 24.3 Å². The summed E-state index contributed by atoms with van der Waals surface area (Å²) in [6.07, 6.45) is 0. The molecule has 8 nitrogen and oxygen atoms in total. The number of aliphatic hydroxyl groups is 1. The molecule has 45 heavy (non-hydrogen) atoms. The molecule has 5 aromatic rings. The summed E-state index contributed by atoms with van der Waals surface area (Å²) in [5.74, 6) is -0.826. The van der Waals surface area contributed by atoms with Gasteiger partial charge in [0.25, 0.3) is 5.70 Å². The number of fused-ring (bicyclic) bond motifs is 4. The van der Waals surface area contributed by atoms with E-state index in [0.29, 0.717) is 49.5 Å². The molecular formula is C37H24N3O5+. The molecule has 2 aliphatic carbocycles. The molecule has 5 N–H and O–H groups in total. The van der Waals surface area contributed by atoms with E-state index in [9.17, 15) is 30.8 Å². The van der Waals surface area contributed by atoms with E-state index in [-0.39, 0.29) is 62.3 Å². The number of benzene rings is 5. The first-order chi connectivity index (χ1) is 21.7. The third kappa shape index (κ3) is 3.67. The number of hydrogen-bond acceptors (Lipinski definition) is 6. The second-order valence-corrected chi connectivity index (χ2v) is 11.1. The maximum Gasteiger partial charge on any atom is 0.270 e. The molecule has 5 aromatic carbocycles. The van der Waals surface area contributed by atoms with E-state index in [1.54, 1.807) is 42.5 Å². The van der Waals surface area contributed by atoms with Gasteiger partial charge in [-0.05, 0) is 53.2 Å². The van der Waals surface area contributed by atoms with Crippen LogP contribution in [0, 0.1) is 17.9 Å². The van der Waals surface area contributed by atoms with Crippen LogP contribution in [0.1, 0.15) is 27.8 Å². The Hall–Kier alpha value is -6.51. The lowest BCUT2D eigenvalue weighted by atomic mass is 9.69. The quantitative estimate of drug-likeness (QED) is 0.0625. The van der Waals surface area contributed by atoms with Crippen LogP contribution in [0.5, 0.6) is 23.0 Å². The Kier molecular flexibility index (Phi) is 5.93. The molecule has 216 valence electrons. The lowest BCUT2D eigenvalue weighted by Crippen LogP contribution is -2.26. The summed E-state index contributed by atoms with van der Waals surface area (Å²) in [4.78, 5) is 3.51. The molecule has 0 amide bonds. The molecule has 8 heteroatoms. The minimum atomic E-state index is -0.349. The first-order valence-electron chi connectivity index (χ1n) is 14.0. The number of allylic oxidation sites excluding steroid dienone is 3.